The molecule has 0 spiro atoms. The number of hydrogen-bond acceptors (Lipinski definition) is 3. The van der Waals surface area contributed by atoms with Crippen molar-refractivity contribution in [2.75, 3.05) is 12.3 Å². The van der Waals surface area contributed by atoms with Crippen molar-refractivity contribution in [2.24, 2.45) is 0 Å². The van der Waals surface area contributed by atoms with Crippen LogP contribution in [0, 0.1) is 0 Å². The lowest BCUT2D eigenvalue weighted by Crippen LogP contribution is -2.33. The zero-order chi connectivity index (χ0) is 12.4. The highest BCUT2D eigenvalue weighted by atomic mass is 35.5. The summed E-state index contributed by atoms with van der Waals surface area (Å²) in [6, 6.07) is 3.56. The van der Waals surface area contributed by atoms with E-state index in [1.165, 1.54) is 0 Å². The second-order valence-corrected chi connectivity index (χ2v) is 4.72. The minimum absolute atomic E-state index is 0.00495. The molecule has 5 heteroatoms. The van der Waals surface area contributed by atoms with Gasteiger partial charge in [0.15, 0.2) is 0 Å². The number of nitrogens with two attached hydrogens (primary N) is 1. The zero-order valence-electron chi connectivity index (χ0n) is 9.82. The molecule has 0 saturated heterocycles. The van der Waals surface area contributed by atoms with Gasteiger partial charge in [-0.15, -0.1) is 0 Å². The van der Waals surface area contributed by atoms with Crippen molar-refractivity contribution in [2.45, 2.75) is 32.2 Å². The van der Waals surface area contributed by atoms with Crippen LogP contribution in [-0.4, -0.2) is 28.4 Å². The van der Waals surface area contributed by atoms with E-state index in [0.29, 0.717) is 11.6 Å². The molecule has 0 radical (unpaired) electrons. The molecule has 2 rings (SSSR count). The highest BCUT2D eigenvalue weighted by molar-refractivity contribution is 6.29. The first kappa shape index (κ1) is 12.2. The molecule has 1 saturated carbocycles. The molecule has 1 aromatic heterocycles. The lowest BCUT2D eigenvalue weighted by molar-refractivity contribution is 0.0743. The molecule has 2 N–H and O–H groups in total. The summed E-state index contributed by atoms with van der Waals surface area (Å²) >= 11 is 5.81. The third-order valence-electron chi connectivity index (χ3n) is 2.77. The van der Waals surface area contributed by atoms with Crippen LogP contribution in [0.3, 0.4) is 0 Å². The zero-order valence-corrected chi connectivity index (χ0v) is 10.6. The van der Waals surface area contributed by atoms with E-state index in [1.54, 1.807) is 12.1 Å². The quantitative estimate of drug-likeness (QED) is 0.838. The molecular weight excluding hydrogens is 238 g/mol. The maximum absolute atomic E-state index is 12.3. The third kappa shape index (κ3) is 2.88. The van der Waals surface area contributed by atoms with Gasteiger partial charge in [0.1, 0.15) is 11.0 Å². The molecule has 1 amide bonds. The normalized spacial score (nSPS) is 14.7. The van der Waals surface area contributed by atoms with E-state index in [0.717, 1.165) is 25.8 Å². The van der Waals surface area contributed by atoms with E-state index in [1.807, 2.05) is 4.90 Å². The van der Waals surface area contributed by atoms with Gasteiger partial charge in [0.2, 0.25) is 0 Å². The van der Waals surface area contributed by atoms with Crippen LogP contribution >= 0.6 is 11.6 Å². The first-order valence-electron chi connectivity index (χ1n) is 5.86. The van der Waals surface area contributed by atoms with Crippen LogP contribution in [0.2, 0.25) is 5.15 Å². The molecule has 0 atom stereocenters. The van der Waals surface area contributed by atoms with Crippen LogP contribution in [0.15, 0.2) is 12.1 Å². The summed E-state index contributed by atoms with van der Waals surface area (Å²) in [4.78, 5) is 18.1. The molecule has 0 unspecified atom stereocenters. The maximum Gasteiger partial charge on any atom is 0.254 e. The Balaban J connectivity index is 2.21. The molecule has 4 nitrogen and oxygen atoms in total. The molecule has 0 bridgehead atoms. The lowest BCUT2D eigenvalue weighted by Gasteiger charge is -2.21. The van der Waals surface area contributed by atoms with E-state index in [2.05, 4.69) is 11.9 Å². The van der Waals surface area contributed by atoms with Gasteiger partial charge in [-0.1, -0.05) is 18.5 Å². The van der Waals surface area contributed by atoms with Crippen LogP contribution < -0.4 is 5.73 Å². The van der Waals surface area contributed by atoms with Crippen molar-refractivity contribution in [1.29, 1.82) is 0 Å². The van der Waals surface area contributed by atoms with Crippen LogP contribution in [0.1, 0.15) is 36.5 Å². The Hall–Kier alpha value is -1.29. The van der Waals surface area contributed by atoms with Gasteiger partial charge in [-0.2, -0.15) is 0 Å². The Bertz CT molecular complexity index is 412. The molecule has 1 aromatic rings. The fourth-order valence-electron chi connectivity index (χ4n) is 1.88. The maximum atomic E-state index is 12.3. The molecular formula is C12H16ClN3O. The lowest BCUT2D eigenvalue weighted by atomic mass is 10.2. The second-order valence-electron chi connectivity index (χ2n) is 4.33. The number of aromatic nitrogens is 1. The Kier molecular flexibility index (Phi) is 3.52. The Morgan fingerprint density at radius 2 is 2.29 bits per heavy atom. The summed E-state index contributed by atoms with van der Waals surface area (Å²) < 4.78 is 0. The van der Waals surface area contributed by atoms with Crippen LogP contribution in [-0.2, 0) is 0 Å². The van der Waals surface area contributed by atoms with Crippen molar-refractivity contribution < 1.29 is 4.79 Å². The van der Waals surface area contributed by atoms with Gasteiger partial charge in [0.25, 0.3) is 5.91 Å². The minimum Gasteiger partial charge on any atom is -0.384 e. The first-order chi connectivity index (χ1) is 8.11. The number of nitrogens with zero attached hydrogens (tertiary/aromatic N) is 2. The topological polar surface area (TPSA) is 59.2 Å². The molecule has 1 fully saturated rings. The average molecular weight is 254 g/mol. The largest absolute Gasteiger partial charge is 0.384 e. The molecule has 1 heterocycles. The highest BCUT2D eigenvalue weighted by Gasteiger charge is 2.32. The summed E-state index contributed by atoms with van der Waals surface area (Å²) in [5, 5.41) is 0.264. The van der Waals surface area contributed by atoms with Crippen molar-refractivity contribution in [1.82, 2.24) is 9.88 Å². The number of hydrogen-bond donors (Lipinski definition) is 1. The number of anilines is 1. The smallest absolute Gasteiger partial charge is 0.254 e. The number of amides is 1. The van der Waals surface area contributed by atoms with Crippen molar-refractivity contribution >= 4 is 23.3 Å². The Morgan fingerprint density at radius 1 is 1.59 bits per heavy atom. The van der Waals surface area contributed by atoms with Gasteiger partial charge in [-0.3, -0.25) is 4.79 Å². The number of carbonyl (C=O) groups excluding carboxylic acids is 1. The van der Waals surface area contributed by atoms with E-state index in [9.17, 15) is 4.79 Å². The van der Waals surface area contributed by atoms with Gasteiger partial charge in [-0.05, 0) is 31.4 Å². The highest BCUT2D eigenvalue weighted by Crippen LogP contribution is 2.28. The number of halogens is 1. The van der Waals surface area contributed by atoms with Crippen molar-refractivity contribution in [3.05, 3.63) is 22.8 Å². The summed E-state index contributed by atoms with van der Waals surface area (Å²) in [5.41, 5.74) is 6.13. The number of rotatable bonds is 4. The summed E-state index contributed by atoms with van der Waals surface area (Å²) in [5.74, 6) is 0.290. The molecule has 0 aliphatic heterocycles. The van der Waals surface area contributed by atoms with E-state index in [-0.39, 0.29) is 16.9 Å². The summed E-state index contributed by atoms with van der Waals surface area (Å²) in [6.07, 6.45) is 3.15. The number of carbonyl (C=O) groups is 1. The van der Waals surface area contributed by atoms with Crippen LogP contribution in [0.4, 0.5) is 5.82 Å². The molecule has 1 aliphatic rings. The summed E-state index contributed by atoms with van der Waals surface area (Å²) in [7, 11) is 0. The minimum atomic E-state index is 0.00495. The van der Waals surface area contributed by atoms with Crippen LogP contribution in [0.5, 0.6) is 0 Å². The van der Waals surface area contributed by atoms with Gasteiger partial charge in [0.05, 0.1) is 0 Å². The third-order valence-corrected chi connectivity index (χ3v) is 2.97. The fraction of sp³-hybridized carbons (Fsp3) is 0.500. The fourth-order valence-corrected chi connectivity index (χ4v) is 2.10. The number of pyridine rings is 1. The van der Waals surface area contributed by atoms with Gasteiger partial charge in [-0.25, -0.2) is 4.98 Å². The predicted molar refractivity (Wildman–Crippen MR) is 68.0 cm³/mol. The van der Waals surface area contributed by atoms with Crippen molar-refractivity contribution in [3.63, 3.8) is 0 Å². The monoisotopic (exact) mass is 253 g/mol. The van der Waals surface area contributed by atoms with E-state index >= 15 is 0 Å². The standard InChI is InChI=1S/C12H16ClN3O/c1-2-5-16(9-3-4-9)12(17)8-6-10(13)15-11(14)7-8/h6-7,9H,2-5H2,1H3,(H2,14,15). The van der Waals surface area contributed by atoms with Crippen LogP contribution in [0.25, 0.3) is 0 Å². The second kappa shape index (κ2) is 4.92. The SMILES string of the molecule is CCCN(C(=O)c1cc(N)nc(Cl)c1)C1CC1. The average Bonchev–Trinajstić information content (AvgIpc) is 3.07. The van der Waals surface area contributed by atoms with Gasteiger partial charge < -0.3 is 10.6 Å². The number of nitrogen functional groups attached to an aromatic ring is 1. The molecule has 92 valence electrons. The Morgan fingerprint density at radius 3 is 2.82 bits per heavy atom. The predicted octanol–water partition coefficient (Wildman–Crippen LogP) is 2.33. The van der Waals surface area contributed by atoms with E-state index in [4.69, 9.17) is 17.3 Å². The molecule has 17 heavy (non-hydrogen) atoms. The van der Waals surface area contributed by atoms with Crippen molar-refractivity contribution in [3.8, 4) is 0 Å². The first-order valence-corrected chi connectivity index (χ1v) is 6.23. The molecule has 1 aliphatic carbocycles. The molecule has 0 aromatic carbocycles. The summed E-state index contributed by atoms with van der Waals surface area (Å²) in [6.45, 7) is 2.85. The van der Waals surface area contributed by atoms with Gasteiger partial charge in [0, 0.05) is 18.2 Å². The van der Waals surface area contributed by atoms with Gasteiger partial charge >= 0.3 is 0 Å². The Labute approximate surface area is 106 Å². The van der Waals surface area contributed by atoms with E-state index < -0.39 is 0 Å².